The molecule has 2 aliphatic heterocycles. The normalized spacial score (nSPS) is 22.8. The zero-order valence-corrected chi connectivity index (χ0v) is 21.3. The minimum atomic E-state index is -4.39. The van der Waals surface area contributed by atoms with Gasteiger partial charge in [0.1, 0.15) is 6.54 Å². The number of piperidine rings is 1. The highest BCUT2D eigenvalue weighted by Crippen LogP contribution is 2.38. The first-order chi connectivity index (χ1) is 17.6. The molecule has 200 valence electrons. The molecule has 3 heterocycles. The zero-order valence-electron chi connectivity index (χ0n) is 21.3. The number of ether oxygens (including phenoxy) is 1. The van der Waals surface area contributed by atoms with Gasteiger partial charge in [0, 0.05) is 37.4 Å². The number of amides is 2. The number of rotatable bonds is 4. The maximum Gasteiger partial charge on any atom is 0.416 e. The van der Waals surface area contributed by atoms with Gasteiger partial charge in [-0.3, -0.25) is 14.3 Å². The minimum Gasteiger partial charge on any atom is -0.372 e. The van der Waals surface area contributed by atoms with E-state index in [1.165, 1.54) is 6.07 Å². The predicted molar refractivity (Wildman–Crippen MR) is 130 cm³/mol. The lowest BCUT2D eigenvalue weighted by Gasteiger charge is -2.35. The first-order valence-electron chi connectivity index (χ1n) is 13.1. The van der Waals surface area contributed by atoms with Crippen LogP contribution in [0, 0.1) is 0 Å². The van der Waals surface area contributed by atoms with Crippen LogP contribution in [-0.2, 0) is 35.1 Å². The molecule has 1 aromatic heterocycles. The average molecular weight is 519 g/mol. The Labute approximate surface area is 214 Å². The summed E-state index contributed by atoms with van der Waals surface area (Å²) >= 11 is 0. The summed E-state index contributed by atoms with van der Waals surface area (Å²) in [6.07, 6.45) is -1.07. The summed E-state index contributed by atoms with van der Waals surface area (Å²) < 4.78 is 47.8. The highest BCUT2D eigenvalue weighted by Gasteiger charge is 2.37. The number of aromatic nitrogens is 2. The summed E-state index contributed by atoms with van der Waals surface area (Å²) in [5.74, 6) is -0.471. The summed E-state index contributed by atoms with van der Waals surface area (Å²) in [5, 5.41) is 4.61. The molecule has 0 radical (unpaired) electrons. The lowest BCUT2D eigenvalue weighted by atomic mass is 9.86. The molecule has 0 bridgehead atoms. The van der Waals surface area contributed by atoms with Crippen molar-refractivity contribution in [1.82, 2.24) is 19.6 Å². The fourth-order valence-electron chi connectivity index (χ4n) is 6.08. The number of carbonyl (C=O) groups is 2. The Morgan fingerprint density at radius 1 is 1.03 bits per heavy atom. The maximum atomic E-state index is 13.5. The fourth-order valence-corrected chi connectivity index (χ4v) is 6.08. The molecular weight excluding hydrogens is 485 g/mol. The molecule has 3 aliphatic rings. The smallest absolute Gasteiger partial charge is 0.372 e. The monoisotopic (exact) mass is 518 g/mol. The van der Waals surface area contributed by atoms with Crippen LogP contribution in [0.25, 0.3) is 0 Å². The molecule has 0 unspecified atom stereocenters. The molecule has 2 atom stereocenters. The number of likely N-dealkylation sites (tertiary alicyclic amines) is 1. The zero-order chi connectivity index (χ0) is 26.3. The Morgan fingerprint density at radius 3 is 2.38 bits per heavy atom. The van der Waals surface area contributed by atoms with Crippen LogP contribution in [-0.4, -0.2) is 69.8 Å². The van der Waals surface area contributed by atoms with Gasteiger partial charge in [0.2, 0.25) is 5.91 Å². The molecule has 10 heteroatoms. The van der Waals surface area contributed by atoms with E-state index in [2.05, 4.69) is 5.10 Å². The van der Waals surface area contributed by atoms with Crippen molar-refractivity contribution in [2.45, 2.75) is 76.8 Å². The first kappa shape index (κ1) is 25.8. The van der Waals surface area contributed by atoms with E-state index in [-0.39, 0.29) is 36.5 Å². The van der Waals surface area contributed by atoms with Crippen LogP contribution in [0.3, 0.4) is 0 Å². The Kier molecular flexibility index (Phi) is 7.04. The Bertz CT molecular complexity index is 1160. The highest BCUT2D eigenvalue weighted by atomic mass is 19.4. The van der Waals surface area contributed by atoms with Crippen LogP contribution in [0.15, 0.2) is 24.3 Å². The van der Waals surface area contributed by atoms with Crippen LogP contribution < -0.4 is 0 Å². The summed E-state index contributed by atoms with van der Waals surface area (Å²) in [5.41, 5.74) is 2.03. The lowest BCUT2D eigenvalue weighted by molar-refractivity contribution is -0.139. The molecule has 5 rings (SSSR count). The third-order valence-corrected chi connectivity index (χ3v) is 7.75. The third-order valence-electron chi connectivity index (χ3n) is 7.75. The number of carbonyl (C=O) groups excluding carboxylic acids is 2. The number of halogens is 3. The van der Waals surface area contributed by atoms with Gasteiger partial charge in [-0.25, -0.2) is 0 Å². The van der Waals surface area contributed by atoms with Crippen molar-refractivity contribution in [3.8, 4) is 0 Å². The van der Waals surface area contributed by atoms with Crippen molar-refractivity contribution in [2.24, 2.45) is 0 Å². The topological polar surface area (TPSA) is 67.7 Å². The summed E-state index contributed by atoms with van der Waals surface area (Å²) in [6.45, 7) is 5.75. The summed E-state index contributed by atoms with van der Waals surface area (Å²) in [4.78, 5) is 30.0. The van der Waals surface area contributed by atoms with E-state index in [9.17, 15) is 22.8 Å². The van der Waals surface area contributed by atoms with Crippen LogP contribution in [0.5, 0.6) is 0 Å². The molecule has 1 aromatic carbocycles. The Hall–Kier alpha value is -2.88. The number of nitrogens with zero attached hydrogens (tertiary/aromatic N) is 4. The lowest BCUT2D eigenvalue weighted by Crippen LogP contribution is -2.48. The molecule has 37 heavy (non-hydrogen) atoms. The van der Waals surface area contributed by atoms with Gasteiger partial charge < -0.3 is 14.5 Å². The van der Waals surface area contributed by atoms with Gasteiger partial charge in [-0.15, -0.1) is 0 Å². The van der Waals surface area contributed by atoms with Crippen molar-refractivity contribution >= 4 is 11.8 Å². The standard InChI is InChI=1S/C27H33F3N4O3/c1-17-14-33(15-18(2)37-17)26(36)25-21-7-5-9-23(21)34(31-25)16-24(35)32-12-10-19(11-13-32)20-6-3-4-8-22(20)27(28,29)30/h3-4,6,8,17-19H,5,7,9-16H2,1-2H3/t17-,18+. The second-order valence-corrected chi connectivity index (χ2v) is 10.5. The van der Waals surface area contributed by atoms with Gasteiger partial charge in [-0.1, -0.05) is 18.2 Å². The number of morpholine rings is 1. The van der Waals surface area contributed by atoms with E-state index in [1.807, 2.05) is 13.8 Å². The van der Waals surface area contributed by atoms with Crippen molar-refractivity contribution in [3.05, 3.63) is 52.3 Å². The second-order valence-electron chi connectivity index (χ2n) is 10.5. The van der Waals surface area contributed by atoms with E-state index in [0.29, 0.717) is 50.3 Å². The van der Waals surface area contributed by atoms with E-state index in [0.717, 1.165) is 36.6 Å². The molecule has 1 aliphatic carbocycles. The minimum absolute atomic E-state index is 0.0370. The number of hydrogen-bond acceptors (Lipinski definition) is 4. The molecular formula is C27H33F3N4O3. The number of hydrogen-bond donors (Lipinski definition) is 0. The largest absolute Gasteiger partial charge is 0.416 e. The van der Waals surface area contributed by atoms with Crippen LogP contribution in [0.2, 0.25) is 0 Å². The number of benzene rings is 1. The van der Waals surface area contributed by atoms with E-state index in [1.54, 1.807) is 26.6 Å². The Balaban J connectivity index is 1.26. The van der Waals surface area contributed by atoms with Gasteiger partial charge in [0.05, 0.1) is 17.8 Å². The quantitative estimate of drug-likeness (QED) is 0.613. The third kappa shape index (κ3) is 5.26. The predicted octanol–water partition coefficient (Wildman–Crippen LogP) is 4.05. The Morgan fingerprint density at radius 2 is 1.70 bits per heavy atom. The highest BCUT2D eigenvalue weighted by molar-refractivity contribution is 5.94. The molecule has 0 spiro atoms. The van der Waals surface area contributed by atoms with Crippen molar-refractivity contribution in [3.63, 3.8) is 0 Å². The van der Waals surface area contributed by atoms with Gasteiger partial charge in [-0.05, 0) is 63.5 Å². The van der Waals surface area contributed by atoms with Crippen LogP contribution in [0.1, 0.15) is 71.9 Å². The average Bonchev–Trinajstić information content (AvgIpc) is 3.46. The molecule has 2 amide bonds. The summed E-state index contributed by atoms with van der Waals surface area (Å²) in [6, 6.07) is 5.72. The van der Waals surface area contributed by atoms with Gasteiger partial charge >= 0.3 is 6.18 Å². The van der Waals surface area contributed by atoms with Crippen molar-refractivity contribution in [2.75, 3.05) is 26.2 Å². The second kappa shape index (κ2) is 10.1. The maximum absolute atomic E-state index is 13.5. The van der Waals surface area contributed by atoms with Gasteiger partial charge in [0.15, 0.2) is 5.69 Å². The van der Waals surface area contributed by atoms with Crippen molar-refractivity contribution in [1.29, 1.82) is 0 Å². The molecule has 2 aromatic rings. The number of fused-ring (bicyclic) bond motifs is 1. The van der Waals surface area contributed by atoms with Crippen LogP contribution in [0.4, 0.5) is 13.2 Å². The SMILES string of the molecule is C[C@@H]1CN(C(=O)c2nn(CC(=O)N3CCC(c4ccccc4C(F)(F)F)CC3)c3c2CCC3)C[C@H](C)O1. The fraction of sp³-hybridized carbons (Fsp3) is 0.593. The molecule has 0 saturated carbocycles. The first-order valence-corrected chi connectivity index (χ1v) is 13.1. The molecule has 7 nitrogen and oxygen atoms in total. The van der Waals surface area contributed by atoms with E-state index >= 15 is 0 Å². The van der Waals surface area contributed by atoms with E-state index < -0.39 is 11.7 Å². The molecule has 0 N–H and O–H groups in total. The molecule has 2 fully saturated rings. The van der Waals surface area contributed by atoms with Gasteiger partial charge in [-0.2, -0.15) is 18.3 Å². The van der Waals surface area contributed by atoms with Crippen LogP contribution >= 0.6 is 0 Å². The van der Waals surface area contributed by atoms with E-state index in [4.69, 9.17) is 4.74 Å². The van der Waals surface area contributed by atoms with Crippen molar-refractivity contribution < 1.29 is 27.5 Å². The summed E-state index contributed by atoms with van der Waals surface area (Å²) in [7, 11) is 0. The number of alkyl halides is 3. The van der Waals surface area contributed by atoms with Gasteiger partial charge in [0.25, 0.3) is 5.91 Å². The molecule has 2 saturated heterocycles.